The molecule has 104 valence electrons. The Hall–Kier alpha value is -2.36. The Morgan fingerprint density at radius 2 is 2.10 bits per heavy atom. The Morgan fingerprint density at radius 3 is 2.80 bits per heavy atom. The Labute approximate surface area is 118 Å². The van der Waals surface area contributed by atoms with Crippen molar-refractivity contribution in [2.45, 2.75) is 19.8 Å². The first-order valence-corrected chi connectivity index (χ1v) is 6.67. The molecule has 4 nitrogen and oxygen atoms in total. The van der Waals surface area contributed by atoms with Gasteiger partial charge in [0.15, 0.2) is 0 Å². The number of ether oxygens (including phenoxy) is 1. The highest BCUT2D eigenvalue weighted by Gasteiger charge is 2.09. The number of oxime groups is 1. The molecule has 0 atom stereocenters. The van der Waals surface area contributed by atoms with Crippen LogP contribution in [0.1, 0.15) is 24.5 Å². The number of aromatic nitrogens is 1. The van der Waals surface area contributed by atoms with E-state index in [-0.39, 0.29) is 0 Å². The van der Waals surface area contributed by atoms with Crippen molar-refractivity contribution in [1.29, 1.82) is 0 Å². The fraction of sp³-hybridized carbons (Fsp3) is 0.250. The molecule has 1 heterocycles. The van der Waals surface area contributed by atoms with Gasteiger partial charge in [0, 0.05) is 24.4 Å². The molecule has 0 radical (unpaired) electrons. The van der Waals surface area contributed by atoms with Crippen LogP contribution in [0.15, 0.2) is 53.9 Å². The highest BCUT2D eigenvalue weighted by atomic mass is 16.5. The van der Waals surface area contributed by atoms with Gasteiger partial charge in [0.2, 0.25) is 0 Å². The van der Waals surface area contributed by atoms with Gasteiger partial charge in [-0.15, -0.1) is 0 Å². The lowest BCUT2D eigenvalue weighted by molar-refractivity contribution is 0.313. The summed E-state index contributed by atoms with van der Waals surface area (Å²) in [6, 6.07) is 11.5. The van der Waals surface area contributed by atoms with E-state index >= 15 is 0 Å². The minimum atomic E-state index is 0.561. The van der Waals surface area contributed by atoms with Gasteiger partial charge in [0.25, 0.3) is 0 Å². The van der Waals surface area contributed by atoms with Crippen molar-refractivity contribution in [1.82, 2.24) is 4.98 Å². The molecule has 1 aromatic heterocycles. The Bertz CT molecular complexity index is 568. The molecule has 1 N–H and O–H groups in total. The van der Waals surface area contributed by atoms with E-state index in [1.165, 1.54) is 0 Å². The van der Waals surface area contributed by atoms with Crippen LogP contribution in [0.4, 0.5) is 0 Å². The van der Waals surface area contributed by atoms with Crippen LogP contribution in [0.5, 0.6) is 5.75 Å². The number of hydrogen-bond donors (Lipinski definition) is 1. The fourth-order valence-electron chi connectivity index (χ4n) is 1.97. The first-order valence-electron chi connectivity index (χ1n) is 6.67. The standard InChI is InChI=1S/C16H18N2O2/c1-2-15(18-19)14-7-3-4-8-16(14)20-11-9-13-6-5-10-17-12-13/h3-8,10,12,19H,2,9,11H2,1H3. The summed E-state index contributed by atoms with van der Waals surface area (Å²) in [7, 11) is 0. The molecule has 0 unspecified atom stereocenters. The summed E-state index contributed by atoms with van der Waals surface area (Å²) in [5.41, 5.74) is 2.60. The van der Waals surface area contributed by atoms with E-state index in [0.717, 1.165) is 23.3 Å². The predicted molar refractivity (Wildman–Crippen MR) is 78.5 cm³/mol. The lowest BCUT2D eigenvalue weighted by atomic mass is 10.1. The van der Waals surface area contributed by atoms with Crippen molar-refractivity contribution in [2.75, 3.05) is 6.61 Å². The zero-order valence-electron chi connectivity index (χ0n) is 11.5. The Balaban J connectivity index is 2.03. The van der Waals surface area contributed by atoms with Crippen molar-refractivity contribution < 1.29 is 9.94 Å². The van der Waals surface area contributed by atoms with Crippen LogP contribution in [0.3, 0.4) is 0 Å². The summed E-state index contributed by atoms with van der Waals surface area (Å²) in [6.07, 6.45) is 5.03. The summed E-state index contributed by atoms with van der Waals surface area (Å²) in [5, 5.41) is 12.4. The van der Waals surface area contributed by atoms with E-state index in [2.05, 4.69) is 10.1 Å². The third-order valence-electron chi connectivity index (χ3n) is 3.02. The van der Waals surface area contributed by atoms with Gasteiger partial charge in [-0.2, -0.15) is 0 Å². The van der Waals surface area contributed by atoms with Crippen LogP contribution in [0.2, 0.25) is 0 Å². The largest absolute Gasteiger partial charge is 0.493 e. The number of pyridine rings is 1. The molecule has 0 aliphatic carbocycles. The number of hydrogen-bond acceptors (Lipinski definition) is 4. The van der Waals surface area contributed by atoms with Gasteiger partial charge in [0.1, 0.15) is 5.75 Å². The van der Waals surface area contributed by atoms with Gasteiger partial charge >= 0.3 is 0 Å². The van der Waals surface area contributed by atoms with E-state index in [0.29, 0.717) is 18.7 Å². The van der Waals surface area contributed by atoms with Crippen molar-refractivity contribution in [2.24, 2.45) is 5.16 Å². The van der Waals surface area contributed by atoms with Crippen LogP contribution in [-0.2, 0) is 6.42 Å². The van der Waals surface area contributed by atoms with Crippen molar-refractivity contribution in [3.8, 4) is 5.75 Å². The van der Waals surface area contributed by atoms with Gasteiger partial charge < -0.3 is 9.94 Å². The quantitative estimate of drug-likeness (QED) is 0.498. The summed E-state index contributed by atoms with van der Waals surface area (Å²) in [6.45, 7) is 2.51. The topological polar surface area (TPSA) is 54.7 Å². The Morgan fingerprint density at radius 1 is 1.25 bits per heavy atom. The van der Waals surface area contributed by atoms with E-state index in [1.807, 2.05) is 49.5 Å². The SMILES string of the molecule is CCC(=NO)c1ccccc1OCCc1cccnc1. The van der Waals surface area contributed by atoms with Crippen LogP contribution in [0, 0.1) is 0 Å². The predicted octanol–water partition coefficient (Wildman–Crippen LogP) is 3.29. The molecule has 1 aromatic carbocycles. The third kappa shape index (κ3) is 3.57. The monoisotopic (exact) mass is 270 g/mol. The molecular weight excluding hydrogens is 252 g/mol. The average Bonchev–Trinajstić information content (AvgIpc) is 2.51. The van der Waals surface area contributed by atoms with E-state index in [9.17, 15) is 0 Å². The molecule has 0 bridgehead atoms. The minimum absolute atomic E-state index is 0.561. The lowest BCUT2D eigenvalue weighted by Crippen LogP contribution is -2.07. The molecule has 0 aliphatic rings. The molecule has 4 heteroatoms. The number of para-hydroxylation sites is 1. The third-order valence-corrected chi connectivity index (χ3v) is 3.02. The molecule has 0 aliphatic heterocycles. The molecule has 0 saturated carbocycles. The zero-order valence-corrected chi connectivity index (χ0v) is 11.5. The number of benzene rings is 1. The van der Waals surface area contributed by atoms with Crippen LogP contribution >= 0.6 is 0 Å². The van der Waals surface area contributed by atoms with Gasteiger partial charge in [-0.3, -0.25) is 4.98 Å². The fourth-order valence-corrected chi connectivity index (χ4v) is 1.97. The molecule has 0 spiro atoms. The molecule has 20 heavy (non-hydrogen) atoms. The molecule has 0 amide bonds. The summed E-state index contributed by atoms with van der Waals surface area (Å²) < 4.78 is 5.81. The zero-order chi connectivity index (χ0) is 14.2. The van der Waals surface area contributed by atoms with Crippen molar-refractivity contribution in [3.63, 3.8) is 0 Å². The smallest absolute Gasteiger partial charge is 0.128 e. The van der Waals surface area contributed by atoms with Gasteiger partial charge in [0.05, 0.1) is 12.3 Å². The maximum absolute atomic E-state index is 9.03. The van der Waals surface area contributed by atoms with Crippen molar-refractivity contribution >= 4 is 5.71 Å². The second kappa shape index (κ2) is 7.28. The van der Waals surface area contributed by atoms with E-state index in [1.54, 1.807) is 6.20 Å². The maximum Gasteiger partial charge on any atom is 0.128 e. The highest BCUT2D eigenvalue weighted by Crippen LogP contribution is 2.20. The summed E-state index contributed by atoms with van der Waals surface area (Å²) >= 11 is 0. The molecule has 2 aromatic rings. The second-order valence-electron chi connectivity index (χ2n) is 4.36. The van der Waals surface area contributed by atoms with Crippen molar-refractivity contribution in [3.05, 3.63) is 59.9 Å². The molecule has 0 fully saturated rings. The minimum Gasteiger partial charge on any atom is -0.493 e. The first-order chi connectivity index (χ1) is 9.85. The van der Waals surface area contributed by atoms with Crippen LogP contribution < -0.4 is 4.74 Å². The van der Waals surface area contributed by atoms with E-state index < -0.39 is 0 Å². The van der Waals surface area contributed by atoms with Gasteiger partial charge in [-0.25, -0.2) is 0 Å². The molecule has 2 rings (SSSR count). The van der Waals surface area contributed by atoms with Crippen LogP contribution in [0.25, 0.3) is 0 Å². The normalized spacial score (nSPS) is 11.3. The summed E-state index contributed by atoms with van der Waals surface area (Å²) in [5.74, 6) is 0.742. The first kappa shape index (κ1) is 14.1. The van der Waals surface area contributed by atoms with E-state index in [4.69, 9.17) is 9.94 Å². The summed E-state index contributed by atoms with van der Waals surface area (Å²) in [4.78, 5) is 4.07. The van der Waals surface area contributed by atoms with Crippen LogP contribution in [-0.4, -0.2) is 22.5 Å². The highest BCUT2D eigenvalue weighted by molar-refractivity contribution is 6.02. The van der Waals surface area contributed by atoms with Gasteiger partial charge in [-0.05, 0) is 30.2 Å². The van der Waals surface area contributed by atoms with Gasteiger partial charge in [-0.1, -0.05) is 30.3 Å². The molecule has 0 saturated heterocycles. The lowest BCUT2D eigenvalue weighted by Gasteiger charge is -2.11. The number of nitrogens with zero attached hydrogens (tertiary/aromatic N) is 2. The average molecular weight is 270 g/mol. The molecular formula is C16H18N2O2. The Kier molecular flexibility index (Phi) is 5.12. The maximum atomic E-state index is 9.03. The second-order valence-corrected chi connectivity index (χ2v) is 4.36. The number of rotatable bonds is 6.